The van der Waals surface area contributed by atoms with E-state index in [1.54, 1.807) is 13.8 Å². The van der Waals surface area contributed by atoms with Gasteiger partial charge in [0.2, 0.25) is 0 Å². The molecule has 0 N–H and O–H groups in total. The smallest absolute Gasteiger partial charge is 0.195 e. The first-order chi connectivity index (χ1) is 7.04. The van der Waals surface area contributed by atoms with Gasteiger partial charge in [-0.25, -0.2) is 0 Å². The summed E-state index contributed by atoms with van der Waals surface area (Å²) < 4.78 is 26.7. The number of hydrogen-bond donors (Lipinski definition) is 0. The highest BCUT2D eigenvalue weighted by atomic mass is 35.5. The van der Waals surface area contributed by atoms with E-state index >= 15 is 0 Å². The van der Waals surface area contributed by atoms with Crippen molar-refractivity contribution < 1.29 is 8.42 Å². The minimum absolute atomic E-state index is 0.275. The molecule has 0 radical (unpaired) electrons. The Balaban J connectivity index is 4.75. The molecule has 7 heteroatoms. The fraction of sp³-hybridized carbons (Fsp3) is 1.00. The van der Waals surface area contributed by atoms with E-state index in [1.807, 2.05) is 0 Å². The Morgan fingerprint density at radius 2 is 1.33 bits per heavy atom. The van der Waals surface area contributed by atoms with Crippen molar-refractivity contribution in [3.63, 3.8) is 0 Å². The van der Waals surface area contributed by atoms with Gasteiger partial charge in [-0.1, -0.05) is 13.8 Å². The third kappa shape index (κ3) is 4.44. The molecule has 0 aliphatic heterocycles. The lowest BCUT2D eigenvalue weighted by atomic mass is 10.6. The predicted molar refractivity (Wildman–Crippen MR) is 64.9 cm³/mol. The Kier molecular flexibility index (Phi) is 7.91. The van der Waals surface area contributed by atoms with Gasteiger partial charge in [0.15, 0.2) is 0 Å². The van der Waals surface area contributed by atoms with Gasteiger partial charge < -0.3 is 0 Å². The number of alkyl halides is 2. The van der Waals surface area contributed by atoms with Crippen molar-refractivity contribution in [3.05, 3.63) is 0 Å². The maximum Gasteiger partial charge on any atom is 0.282 e. The first kappa shape index (κ1) is 15.4. The van der Waals surface area contributed by atoms with Gasteiger partial charge in [-0.3, -0.25) is 0 Å². The van der Waals surface area contributed by atoms with Crippen LogP contribution < -0.4 is 0 Å². The summed E-state index contributed by atoms with van der Waals surface area (Å²) in [5.41, 5.74) is 0. The minimum Gasteiger partial charge on any atom is -0.195 e. The molecular formula is C8H18Cl2N2O2S. The molecule has 0 aromatic carbocycles. The fourth-order valence-electron chi connectivity index (χ4n) is 1.24. The first-order valence-corrected chi connectivity index (χ1v) is 7.38. The van der Waals surface area contributed by atoms with Gasteiger partial charge in [-0.05, 0) is 0 Å². The molecule has 0 bridgehead atoms. The van der Waals surface area contributed by atoms with Crippen LogP contribution >= 0.6 is 23.2 Å². The van der Waals surface area contributed by atoms with Gasteiger partial charge in [0.05, 0.1) is 0 Å². The van der Waals surface area contributed by atoms with E-state index in [0.717, 1.165) is 0 Å². The fourth-order valence-corrected chi connectivity index (χ4v) is 3.48. The Hall–Kier alpha value is 0.450. The van der Waals surface area contributed by atoms with Crippen molar-refractivity contribution in [2.45, 2.75) is 13.8 Å². The quantitative estimate of drug-likeness (QED) is 0.628. The number of halogens is 2. The normalized spacial score (nSPS) is 12.7. The second-order valence-corrected chi connectivity index (χ2v) is 5.55. The molecule has 0 heterocycles. The maximum atomic E-state index is 12.0. The van der Waals surface area contributed by atoms with Crippen LogP contribution in [-0.4, -0.2) is 55.0 Å². The summed E-state index contributed by atoms with van der Waals surface area (Å²) in [5.74, 6) is 0.550. The monoisotopic (exact) mass is 276 g/mol. The highest BCUT2D eigenvalue weighted by Gasteiger charge is 2.26. The van der Waals surface area contributed by atoms with Crippen LogP contribution in [0.2, 0.25) is 0 Å². The molecular weight excluding hydrogens is 259 g/mol. The average Bonchev–Trinajstić information content (AvgIpc) is 2.19. The lowest BCUT2D eigenvalue weighted by Crippen LogP contribution is -2.45. The number of nitrogens with zero attached hydrogens (tertiary/aromatic N) is 2. The van der Waals surface area contributed by atoms with Crippen LogP contribution in [0.5, 0.6) is 0 Å². The van der Waals surface area contributed by atoms with Crippen molar-refractivity contribution in [2.75, 3.05) is 37.9 Å². The summed E-state index contributed by atoms with van der Waals surface area (Å²) in [4.78, 5) is 0. The van der Waals surface area contributed by atoms with Gasteiger partial charge in [0, 0.05) is 37.9 Å². The zero-order valence-electron chi connectivity index (χ0n) is 9.12. The van der Waals surface area contributed by atoms with E-state index in [-0.39, 0.29) is 11.8 Å². The summed E-state index contributed by atoms with van der Waals surface area (Å²) in [7, 11) is -3.39. The zero-order valence-corrected chi connectivity index (χ0v) is 11.4. The maximum absolute atomic E-state index is 12.0. The summed E-state index contributed by atoms with van der Waals surface area (Å²) in [6.45, 7) is 5.13. The molecule has 0 saturated carbocycles. The molecule has 0 fully saturated rings. The van der Waals surface area contributed by atoms with Gasteiger partial charge in [0.25, 0.3) is 10.2 Å². The lowest BCUT2D eigenvalue weighted by Gasteiger charge is -2.27. The van der Waals surface area contributed by atoms with Crippen molar-refractivity contribution in [3.8, 4) is 0 Å². The van der Waals surface area contributed by atoms with E-state index in [4.69, 9.17) is 23.2 Å². The molecule has 0 unspecified atom stereocenters. The van der Waals surface area contributed by atoms with E-state index in [9.17, 15) is 8.42 Å². The first-order valence-electron chi connectivity index (χ1n) is 4.91. The molecule has 0 spiro atoms. The lowest BCUT2D eigenvalue weighted by molar-refractivity contribution is 0.366. The highest BCUT2D eigenvalue weighted by Crippen LogP contribution is 2.08. The molecule has 0 atom stereocenters. The molecule has 92 valence electrons. The molecule has 0 aliphatic rings. The van der Waals surface area contributed by atoms with Crippen LogP contribution in [0.15, 0.2) is 0 Å². The number of rotatable bonds is 8. The molecule has 4 nitrogen and oxygen atoms in total. The molecule has 15 heavy (non-hydrogen) atoms. The SMILES string of the molecule is CCN(CC)S(=O)(=O)N(CCCl)CCCl. The summed E-state index contributed by atoms with van der Waals surface area (Å²) >= 11 is 11.1. The van der Waals surface area contributed by atoms with E-state index in [1.165, 1.54) is 8.61 Å². The second kappa shape index (κ2) is 7.68. The summed E-state index contributed by atoms with van der Waals surface area (Å²) in [6.07, 6.45) is 0. The van der Waals surface area contributed by atoms with Crippen LogP contribution in [0, 0.1) is 0 Å². The van der Waals surface area contributed by atoms with Crippen LogP contribution in [0.3, 0.4) is 0 Å². The largest absolute Gasteiger partial charge is 0.282 e. The Bertz CT molecular complexity index is 249. The summed E-state index contributed by atoms with van der Waals surface area (Å²) in [5, 5.41) is 0. The third-order valence-corrected chi connectivity index (χ3v) is 4.55. The molecule has 0 rings (SSSR count). The standard InChI is InChI=1S/C8H18Cl2N2O2S/c1-3-11(4-2)15(13,14)12(7-5-9)8-6-10/h3-8H2,1-2H3. The molecule has 0 amide bonds. The molecule has 0 aliphatic carbocycles. The Labute approximate surface area is 102 Å². The van der Waals surface area contributed by atoms with E-state index in [2.05, 4.69) is 0 Å². The van der Waals surface area contributed by atoms with Gasteiger partial charge in [-0.15, -0.1) is 23.2 Å². The van der Waals surface area contributed by atoms with Gasteiger partial charge in [0.1, 0.15) is 0 Å². The van der Waals surface area contributed by atoms with Crippen LogP contribution in [0.4, 0.5) is 0 Å². The Morgan fingerprint density at radius 1 is 0.933 bits per heavy atom. The molecule has 0 aromatic rings. The molecule has 0 saturated heterocycles. The van der Waals surface area contributed by atoms with E-state index in [0.29, 0.717) is 26.2 Å². The number of hydrogen-bond acceptors (Lipinski definition) is 2. The van der Waals surface area contributed by atoms with Crippen molar-refractivity contribution in [1.82, 2.24) is 8.61 Å². The van der Waals surface area contributed by atoms with Gasteiger partial charge in [-0.2, -0.15) is 17.0 Å². The Morgan fingerprint density at radius 3 is 1.60 bits per heavy atom. The third-order valence-electron chi connectivity index (χ3n) is 2.03. The molecule has 0 aromatic heterocycles. The van der Waals surface area contributed by atoms with E-state index < -0.39 is 10.2 Å². The van der Waals surface area contributed by atoms with Crippen molar-refractivity contribution in [2.24, 2.45) is 0 Å². The van der Waals surface area contributed by atoms with Crippen LogP contribution in [0.1, 0.15) is 13.8 Å². The second-order valence-electron chi connectivity index (χ2n) is 2.87. The average molecular weight is 277 g/mol. The van der Waals surface area contributed by atoms with Crippen LogP contribution in [-0.2, 0) is 10.2 Å². The topological polar surface area (TPSA) is 40.6 Å². The zero-order chi connectivity index (χ0) is 11.9. The van der Waals surface area contributed by atoms with Gasteiger partial charge >= 0.3 is 0 Å². The van der Waals surface area contributed by atoms with Crippen molar-refractivity contribution in [1.29, 1.82) is 0 Å². The minimum atomic E-state index is -3.39. The predicted octanol–water partition coefficient (Wildman–Crippen LogP) is 1.35. The highest BCUT2D eigenvalue weighted by molar-refractivity contribution is 7.86. The summed E-state index contributed by atoms with van der Waals surface area (Å²) in [6, 6.07) is 0. The van der Waals surface area contributed by atoms with Crippen LogP contribution in [0.25, 0.3) is 0 Å². The van der Waals surface area contributed by atoms with Crippen molar-refractivity contribution >= 4 is 33.4 Å².